The average molecular weight is 231 g/mol. The number of ether oxygens (including phenoxy) is 1. The molecule has 1 unspecified atom stereocenters. The highest BCUT2D eigenvalue weighted by Crippen LogP contribution is 2.26. The lowest BCUT2D eigenvalue weighted by Crippen LogP contribution is -2.33. The summed E-state index contributed by atoms with van der Waals surface area (Å²) in [5, 5.41) is 8.83. The highest BCUT2D eigenvalue weighted by Gasteiger charge is 2.26. The van der Waals surface area contributed by atoms with Crippen LogP contribution in [0.5, 0.6) is 0 Å². The van der Waals surface area contributed by atoms with Crippen molar-refractivity contribution >= 4 is 5.82 Å². The predicted molar refractivity (Wildman–Crippen MR) is 65.9 cm³/mol. The fourth-order valence-corrected chi connectivity index (χ4v) is 2.41. The van der Waals surface area contributed by atoms with Gasteiger partial charge in [-0.15, -0.1) is 0 Å². The molecule has 0 aromatic carbocycles. The minimum absolute atomic E-state index is 0.416. The van der Waals surface area contributed by atoms with Crippen molar-refractivity contribution in [2.45, 2.75) is 25.8 Å². The van der Waals surface area contributed by atoms with Crippen molar-refractivity contribution in [3.8, 4) is 6.07 Å². The Balaban J connectivity index is 2.24. The maximum absolute atomic E-state index is 8.83. The molecule has 0 bridgehead atoms. The number of pyridine rings is 1. The summed E-state index contributed by atoms with van der Waals surface area (Å²) < 4.78 is 5.24. The summed E-state index contributed by atoms with van der Waals surface area (Å²) in [6, 6.07) is 4.43. The van der Waals surface area contributed by atoms with E-state index in [-0.39, 0.29) is 0 Å². The lowest BCUT2D eigenvalue weighted by Gasteiger charge is -2.26. The van der Waals surface area contributed by atoms with Gasteiger partial charge in [-0.3, -0.25) is 0 Å². The molecule has 0 spiro atoms. The van der Waals surface area contributed by atoms with Crippen molar-refractivity contribution in [2.24, 2.45) is 0 Å². The molecule has 0 N–H and O–H groups in total. The number of methoxy groups -OCH3 is 1. The van der Waals surface area contributed by atoms with E-state index in [1.807, 2.05) is 13.0 Å². The Morgan fingerprint density at radius 2 is 2.47 bits per heavy atom. The number of aryl methyl sites for hydroxylation is 1. The standard InChI is InChI=1S/C13H17N3O/c1-10-6-11(7-14)8-15-13(10)16-5-3-4-12(16)9-17-2/h6,8,12H,3-5,9H2,1-2H3. The van der Waals surface area contributed by atoms with Crippen molar-refractivity contribution in [3.05, 3.63) is 23.4 Å². The summed E-state index contributed by atoms with van der Waals surface area (Å²) in [6.07, 6.45) is 3.97. The molecule has 0 aliphatic carbocycles. The first-order valence-electron chi connectivity index (χ1n) is 5.88. The number of hydrogen-bond acceptors (Lipinski definition) is 4. The normalized spacial score (nSPS) is 19.4. The van der Waals surface area contributed by atoms with E-state index >= 15 is 0 Å². The monoisotopic (exact) mass is 231 g/mol. The van der Waals surface area contributed by atoms with Crippen LogP contribution in [0.15, 0.2) is 12.3 Å². The number of aromatic nitrogens is 1. The van der Waals surface area contributed by atoms with Crippen molar-refractivity contribution in [1.82, 2.24) is 4.98 Å². The number of nitriles is 1. The van der Waals surface area contributed by atoms with Gasteiger partial charge in [0.2, 0.25) is 0 Å². The quantitative estimate of drug-likeness (QED) is 0.797. The highest BCUT2D eigenvalue weighted by atomic mass is 16.5. The second kappa shape index (κ2) is 5.15. The molecular weight excluding hydrogens is 214 g/mol. The van der Waals surface area contributed by atoms with Crippen molar-refractivity contribution < 1.29 is 4.74 Å². The number of rotatable bonds is 3. The Kier molecular flexibility index (Phi) is 3.60. The van der Waals surface area contributed by atoms with Gasteiger partial charge in [0.15, 0.2) is 0 Å². The molecular formula is C13H17N3O. The molecule has 1 aromatic rings. The molecule has 1 aromatic heterocycles. The molecule has 4 nitrogen and oxygen atoms in total. The van der Waals surface area contributed by atoms with Crippen LogP contribution in [-0.4, -0.2) is 31.3 Å². The van der Waals surface area contributed by atoms with E-state index in [9.17, 15) is 0 Å². The summed E-state index contributed by atoms with van der Waals surface area (Å²) in [5.74, 6) is 0.989. The zero-order valence-electron chi connectivity index (χ0n) is 10.3. The summed E-state index contributed by atoms with van der Waals surface area (Å²) in [7, 11) is 1.73. The highest BCUT2D eigenvalue weighted by molar-refractivity contribution is 5.50. The van der Waals surface area contributed by atoms with Crippen LogP contribution in [0.1, 0.15) is 24.0 Å². The minimum Gasteiger partial charge on any atom is -0.383 e. The van der Waals surface area contributed by atoms with E-state index in [1.165, 1.54) is 6.42 Å². The Hall–Kier alpha value is -1.60. The third-order valence-electron chi connectivity index (χ3n) is 3.19. The Morgan fingerprint density at radius 1 is 1.65 bits per heavy atom. The third-order valence-corrected chi connectivity index (χ3v) is 3.19. The van der Waals surface area contributed by atoms with Crippen LogP contribution in [0, 0.1) is 18.3 Å². The van der Waals surface area contributed by atoms with Crippen LogP contribution >= 0.6 is 0 Å². The molecule has 1 aliphatic rings. The van der Waals surface area contributed by atoms with Gasteiger partial charge >= 0.3 is 0 Å². The molecule has 1 fully saturated rings. The smallest absolute Gasteiger partial charge is 0.131 e. The first kappa shape index (κ1) is 11.9. The maximum Gasteiger partial charge on any atom is 0.131 e. The second-order valence-corrected chi connectivity index (χ2v) is 4.42. The zero-order valence-corrected chi connectivity index (χ0v) is 10.3. The van der Waals surface area contributed by atoms with Gasteiger partial charge in [0.25, 0.3) is 0 Å². The second-order valence-electron chi connectivity index (χ2n) is 4.42. The van der Waals surface area contributed by atoms with Crippen LogP contribution < -0.4 is 4.90 Å². The van der Waals surface area contributed by atoms with E-state index in [2.05, 4.69) is 16.0 Å². The van der Waals surface area contributed by atoms with Crippen LogP contribution in [0.3, 0.4) is 0 Å². The van der Waals surface area contributed by atoms with Crippen molar-refractivity contribution in [1.29, 1.82) is 5.26 Å². The van der Waals surface area contributed by atoms with Gasteiger partial charge in [0.1, 0.15) is 11.9 Å². The van der Waals surface area contributed by atoms with E-state index in [0.717, 1.165) is 31.0 Å². The van der Waals surface area contributed by atoms with Gasteiger partial charge in [-0.25, -0.2) is 4.98 Å². The van der Waals surface area contributed by atoms with Crippen molar-refractivity contribution in [3.63, 3.8) is 0 Å². The molecule has 1 atom stereocenters. The Labute approximate surface area is 102 Å². The van der Waals surface area contributed by atoms with E-state index in [1.54, 1.807) is 13.3 Å². The van der Waals surface area contributed by atoms with E-state index in [0.29, 0.717) is 11.6 Å². The topological polar surface area (TPSA) is 49.1 Å². The Bertz CT molecular complexity index is 439. The molecule has 90 valence electrons. The van der Waals surface area contributed by atoms with Gasteiger partial charge in [0.05, 0.1) is 18.2 Å². The molecule has 17 heavy (non-hydrogen) atoms. The molecule has 0 radical (unpaired) electrons. The summed E-state index contributed by atoms with van der Waals surface area (Å²) in [6.45, 7) is 3.76. The van der Waals surface area contributed by atoms with Gasteiger partial charge in [0, 0.05) is 19.9 Å². The molecule has 0 amide bonds. The summed E-state index contributed by atoms with van der Waals surface area (Å²) in [5.41, 5.74) is 1.68. The van der Waals surface area contributed by atoms with E-state index < -0.39 is 0 Å². The lowest BCUT2D eigenvalue weighted by atomic mass is 10.2. The zero-order chi connectivity index (χ0) is 12.3. The van der Waals surface area contributed by atoms with Crippen LogP contribution in [0.4, 0.5) is 5.82 Å². The van der Waals surface area contributed by atoms with Gasteiger partial charge in [-0.05, 0) is 31.4 Å². The first-order chi connectivity index (χ1) is 8.26. The number of hydrogen-bond donors (Lipinski definition) is 0. The summed E-state index contributed by atoms with van der Waals surface area (Å²) >= 11 is 0. The number of nitrogens with zero attached hydrogens (tertiary/aromatic N) is 3. The van der Waals surface area contributed by atoms with Crippen LogP contribution in [0.25, 0.3) is 0 Å². The van der Waals surface area contributed by atoms with Gasteiger partial charge < -0.3 is 9.64 Å². The largest absolute Gasteiger partial charge is 0.383 e. The van der Waals surface area contributed by atoms with Gasteiger partial charge in [-0.1, -0.05) is 0 Å². The van der Waals surface area contributed by atoms with Crippen LogP contribution in [-0.2, 0) is 4.74 Å². The first-order valence-corrected chi connectivity index (χ1v) is 5.88. The minimum atomic E-state index is 0.416. The fourth-order valence-electron chi connectivity index (χ4n) is 2.41. The summed E-state index contributed by atoms with van der Waals surface area (Å²) in [4.78, 5) is 6.70. The third kappa shape index (κ3) is 2.40. The Morgan fingerprint density at radius 3 is 3.12 bits per heavy atom. The SMILES string of the molecule is COCC1CCCN1c1ncc(C#N)cc1C. The average Bonchev–Trinajstić information content (AvgIpc) is 2.77. The molecule has 1 saturated heterocycles. The number of anilines is 1. The lowest BCUT2D eigenvalue weighted by molar-refractivity contribution is 0.180. The molecule has 1 aliphatic heterocycles. The van der Waals surface area contributed by atoms with Crippen LogP contribution in [0.2, 0.25) is 0 Å². The molecule has 4 heteroatoms. The van der Waals surface area contributed by atoms with Crippen molar-refractivity contribution in [2.75, 3.05) is 25.2 Å². The van der Waals surface area contributed by atoms with Gasteiger partial charge in [-0.2, -0.15) is 5.26 Å². The fraction of sp³-hybridized carbons (Fsp3) is 0.538. The predicted octanol–water partition coefficient (Wildman–Crippen LogP) is 1.88. The van der Waals surface area contributed by atoms with E-state index in [4.69, 9.17) is 10.00 Å². The molecule has 2 rings (SSSR count). The molecule has 0 saturated carbocycles. The molecule has 2 heterocycles. The maximum atomic E-state index is 8.83.